The number of hydrogen-bond acceptors (Lipinski definition) is 2. The third-order valence-electron chi connectivity index (χ3n) is 3.86. The van der Waals surface area contributed by atoms with Crippen LogP contribution in [0.3, 0.4) is 0 Å². The average Bonchev–Trinajstić information content (AvgIpc) is 2.79. The van der Waals surface area contributed by atoms with Gasteiger partial charge in [0, 0.05) is 17.0 Å². The van der Waals surface area contributed by atoms with Crippen molar-refractivity contribution in [3.05, 3.63) is 65.3 Å². The number of rotatable bonds is 4. The molecule has 1 aromatic rings. The highest BCUT2D eigenvalue weighted by Crippen LogP contribution is 2.28. The Bertz CT molecular complexity index is 645. The lowest BCUT2D eigenvalue weighted by Gasteiger charge is -2.19. The number of allylic oxidation sites excluding steroid dienone is 4. The van der Waals surface area contributed by atoms with Gasteiger partial charge in [0.1, 0.15) is 0 Å². The highest BCUT2D eigenvalue weighted by atomic mass is 32.2. The van der Waals surface area contributed by atoms with E-state index in [0.717, 1.165) is 17.6 Å². The number of amides is 1. The van der Waals surface area contributed by atoms with Crippen LogP contribution in [0, 0.1) is 5.41 Å². The van der Waals surface area contributed by atoms with Crippen LogP contribution in [0.2, 0.25) is 0 Å². The summed E-state index contributed by atoms with van der Waals surface area (Å²) in [7, 11) is 0. The maximum absolute atomic E-state index is 12.3. The molecule has 1 amide bonds. The number of thioether (sulfide) groups is 1. The van der Waals surface area contributed by atoms with Gasteiger partial charge in [0.25, 0.3) is 5.91 Å². The van der Waals surface area contributed by atoms with Crippen LogP contribution >= 0.6 is 11.8 Å². The molecule has 2 nitrogen and oxygen atoms in total. The van der Waals surface area contributed by atoms with Crippen molar-refractivity contribution in [2.24, 2.45) is 5.41 Å². The van der Waals surface area contributed by atoms with Crippen LogP contribution < -0.4 is 5.32 Å². The molecule has 1 aliphatic carbocycles. The molecule has 0 heterocycles. The SMILES string of the molecule is CSc1ccc(CNC(=O)C2=CCC=C(C(C)(C)C)C=C2)cc1. The van der Waals surface area contributed by atoms with Gasteiger partial charge in [-0.1, -0.05) is 51.1 Å². The summed E-state index contributed by atoms with van der Waals surface area (Å²) in [6.07, 6.45) is 11.0. The fourth-order valence-corrected chi connectivity index (χ4v) is 2.79. The molecule has 0 aromatic heterocycles. The molecule has 0 unspecified atom stereocenters. The Kier molecular flexibility index (Phi) is 5.89. The maximum atomic E-state index is 12.3. The Labute approximate surface area is 143 Å². The van der Waals surface area contributed by atoms with E-state index in [1.165, 1.54) is 10.5 Å². The van der Waals surface area contributed by atoms with Gasteiger partial charge in [-0.15, -0.1) is 11.8 Å². The Morgan fingerprint density at radius 1 is 1.13 bits per heavy atom. The van der Waals surface area contributed by atoms with Crippen molar-refractivity contribution >= 4 is 17.7 Å². The topological polar surface area (TPSA) is 29.1 Å². The first-order valence-corrected chi connectivity index (χ1v) is 9.12. The molecule has 0 atom stereocenters. The van der Waals surface area contributed by atoms with Crippen LogP contribution in [0.5, 0.6) is 0 Å². The minimum absolute atomic E-state index is 0.0150. The lowest BCUT2D eigenvalue weighted by Crippen LogP contribution is -2.23. The van der Waals surface area contributed by atoms with E-state index < -0.39 is 0 Å². The largest absolute Gasteiger partial charge is 0.348 e. The van der Waals surface area contributed by atoms with E-state index in [2.05, 4.69) is 68.8 Å². The van der Waals surface area contributed by atoms with Gasteiger partial charge >= 0.3 is 0 Å². The average molecular weight is 327 g/mol. The predicted molar refractivity (Wildman–Crippen MR) is 99.4 cm³/mol. The molecule has 0 saturated heterocycles. The number of nitrogens with one attached hydrogen (secondary N) is 1. The van der Waals surface area contributed by atoms with Crippen LogP contribution in [0.25, 0.3) is 0 Å². The molecule has 0 saturated carbocycles. The van der Waals surface area contributed by atoms with Gasteiger partial charge in [0.05, 0.1) is 0 Å². The third-order valence-corrected chi connectivity index (χ3v) is 4.60. The molecule has 0 radical (unpaired) electrons. The third kappa shape index (κ3) is 5.14. The maximum Gasteiger partial charge on any atom is 0.251 e. The molecular formula is C20H25NOS. The van der Waals surface area contributed by atoms with Gasteiger partial charge in [0.15, 0.2) is 0 Å². The minimum Gasteiger partial charge on any atom is -0.348 e. The first kappa shape index (κ1) is 17.6. The summed E-state index contributed by atoms with van der Waals surface area (Å²) in [5, 5.41) is 3.00. The fourth-order valence-electron chi connectivity index (χ4n) is 2.38. The minimum atomic E-state index is -0.0150. The van der Waals surface area contributed by atoms with E-state index in [-0.39, 0.29) is 11.3 Å². The predicted octanol–water partition coefficient (Wildman–Crippen LogP) is 4.88. The summed E-state index contributed by atoms with van der Waals surface area (Å²) in [6.45, 7) is 7.11. The lowest BCUT2D eigenvalue weighted by atomic mass is 9.86. The summed E-state index contributed by atoms with van der Waals surface area (Å²) in [5.41, 5.74) is 3.23. The van der Waals surface area contributed by atoms with Crippen LogP contribution in [0.15, 0.2) is 64.6 Å². The van der Waals surface area contributed by atoms with E-state index in [0.29, 0.717) is 6.54 Å². The number of hydrogen-bond donors (Lipinski definition) is 1. The van der Waals surface area contributed by atoms with Crippen LogP contribution in [0.4, 0.5) is 0 Å². The van der Waals surface area contributed by atoms with E-state index in [9.17, 15) is 4.79 Å². The van der Waals surface area contributed by atoms with Crippen molar-refractivity contribution in [1.29, 1.82) is 0 Å². The van der Waals surface area contributed by atoms with Gasteiger partial charge < -0.3 is 5.32 Å². The van der Waals surface area contributed by atoms with Crippen molar-refractivity contribution in [1.82, 2.24) is 5.32 Å². The van der Waals surface area contributed by atoms with E-state index >= 15 is 0 Å². The summed E-state index contributed by atoms with van der Waals surface area (Å²) in [5.74, 6) is -0.0150. The lowest BCUT2D eigenvalue weighted by molar-refractivity contribution is -0.117. The zero-order valence-electron chi connectivity index (χ0n) is 14.3. The molecule has 122 valence electrons. The zero-order chi connectivity index (χ0) is 16.9. The molecule has 0 spiro atoms. The molecule has 3 heteroatoms. The molecule has 2 rings (SSSR count). The second kappa shape index (κ2) is 7.69. The normalized spacial score (nSPS) is 14.8. The van der Waals surface area contributed by atoms with Gasteiger partial charge in [-0.3, -0.25) is 4.79 Å². The van der Waals surface area contributed by atoms with Gasteiger partial charge in [-0.2, -0.15) is 0 Å². The van der Waals surface area contributed by atoms with Crippen LogP contribution in [-0.2, 0) is 11.3 Å². The van der Waals surface area contributed by atoms with E-state index in [4.69, 9.17) is 0 Å². The molecule has 1 aromatic carbocycles. The van der Waals surface area contributed by atoms with E-state index in [1.54, 1.807) is 11.8 Å². The Balaban J connectivity index is 1.95. The molecular weight excluding hydrogens is 302 g/mol. The van der Waals surface area contributed by atoms with Gasteiger partial charge in [-0.25, -0.2) is 0 Å². The van der Waals surface area contributed by atoms with Gasteiger partial charge in [0.2, 0.25) is 0 Å². The first-order valence-electron chi connectivity index (χ1n) is 7.90. The summed E-state index contributed by atoms with van der Waals surface area (Å²) in [4.78, 5) is 13.6. The molecule has 0 bridgehead atoms. The highest BCUT2D eigenvalue weighted by Gasteiger charge is 2.16. The van der Waals surface area contributed by atoms with Crippen LogP contribution in [0.1, 0.15) is 32.8 Å². The number of carbonyl (C=O) groups excluding carboxylic acids is 1. The Morgan fingerprint density at radius 2 is 1.83 bits per heavy atom. The molecule has 1 N–H and O–H groups in total. The zero-order valence-corrected chi connectivity index (χ0v) is 15.2. The second-order valence-corrected chi connectivity index (χ2v) is 7.55. The number of carbonyl (C=O) groups is 1. The second-order valence-electron chi connectivity index (χ2n) is 6.67. The van der Waals surface area contributed by atoms with E-state index in [1.807, 2.05) is 12.2 Å². The summed E-state index contributed by atoms with van der Waals surface area (Å²) < 4.78 is 0. The summed E-state index contributed by atoms with van der Waals surface area (Å²) in [6, 6.07) is 8.28. The highest BCUT2D eigenvalue weighted by molar-refractivity contribution is 7.98. The molecule has 23 heavy (non-hydrogen) atoms. The molecule has 0 fully saturated rings. The quantitative estimate of drug-likeness (QED) is 0.798. The molecule has 1 aliphatic rings. The fraction of sp³-hybridized carbons (Fsp3) is 0.350. The standard InChI is InChI=1S/C20H25NOS/c1-20(2,3)17-7-5-6-16(10-11-17)19(22)21-14-15-8-12-18(23-4)13-9-15/h6-13H,5,14H2,1-4H3,(H,21,22). The smallest absolute Gasteiger partial charge is 0.251 e. The van der Waals surface area contributed by atoms with Crippen molar-refractivity contribution in [2.75, 3.05) is 6.26 Å². The Hall–Kier alpha value is -1.74. The monoisotopic (exact) mass is 327 g/mol. The molecule has 0 aliphatic heterocycles. The van der Waals surface area contributed by atoms with Crippen molar-refractivity contribution in [2.45, 2.75) is 38.6 Å². The van der Waals surface area contributed by atoms with Crippen molar-refractivity contribution < 1.29 is 4.79 Å². The Morgan fingerprint density at radius 3 is 2.43 bits per heavy atom. The van der Waals surface area contributed by atoms with Crippen LogP contribution in [-0.4, -0.2) is 12.2 Å². The number of benzene rings is 1. The van der Waals surface area contributed by atoms with Crippen molar-refractivity contribution in [3.8, 4) is 0 Å². The van der Waals surface area contributed by atoms with Gasteiger partial charge in [-0.05, 0) is 47.4 Å². The van der Waals surface area contributed by atoms with Crippen molar-refractivity contribution in [3.63, 3.8) is 0 Å². The first-order chi connectivity index (χ1) is 10.9. The summed E-state index contributed by atoms with van der Waals surface area (Å²) >= 11 is 1.72.